The minimum absolute atomic E-state index is 0.0194. The molecule has 0 saturated heterocycles. The fraction of sp³-hybridized carbons (Fsp3) is 0.294. The summed E-state index contributed by atoms with van der Waals surface area (Å²) in [5.74, 6) is 0.548. The van der Waals surface area contributed by atoms with Crippen molar-refractivity contribution in [3.8, 4) is 0 Å². The van der Waals surface area contributed by atoms with Gasteiger partial charge in [0.05, 0.1) is 11.6 Å². The van der Waals surface area contributed by atoms with E-state index in [9.17, 15) is 9.90 Å². The summed E-state index contributed by atoms with van der Waals surface area (Å²) < 4.78 is 0. The van der Waals surface area contributed by atoms with E-state index < -0.39 is 0 Å². The van der Waals surface area contributed by atoms with Gasteiger partial charge in [-0.3, -0.25) is 4.79 Å². The summed E-state index contributed by atoms with van der Waals surface area (Å²) in [6.07, 6.45) is 2.14. The third-order valence-corrected chi connectivity index (χ3v) is 3.30. The Hall–Kier alpha value is -2.40. The third-order valence-electron chi connectivity index (χ3n) is 3.30. The summed E-state index contributed by atoms with van der Waals surface area (Å²) in [5.41, 5.74) is 1.62. The van der Waals surface area contributed by atoms with Crippen LogP contribution < -0.4 is 10.6 Å². The third kappa shape index (κ3) is 4.30. The summed E-state index contributed by atoms with van der Waals surface area (Å²) in [6.45, 7) is 2.55. The van der Waals surface area contributed by atoms with Crippen LogP contribution >= 0.6 is 0 Å². The molecule has 2 aromatic rings. The molecular weight excluding hydrogens is 278 g/mol. The van der Waals surface area contributed by atoms with Crippen molar-refractivity contribution in [1.82, 2.24) is 10.3 Å². The van der Waals surface area contributed by atoms with Crippen LogP contribution in [-0.2, 0) is 0 Å². The summed E-state index contributed by atoms with van der Waals surface area (Å²) in [7, 11) is 0. The number of aromatic nitrogens is 1. The Bertz CT molecular complexity index is 585. The average Bonchev–Trinajstić information content (AvgIpc) is 2.56. The first-order chi connectivity index (χ1) is 10.7. The Kier molecular flexibility index (Phi) is 5.91. The highest BCUT2D eigenvalue weighted by Crippen LogP contribution is 2.21. The number of anilines is 1. The Morgan fingerprint density at radius 2 is 2.00 bits per heavy atom. The van der Waals surface area contributed by atoms with Gasteiger partial charge < -0.3 is 15.7 Å². The van der Waals surface area contributed by atoms with Crippen molar-refractivity contribution in [3.63, 3.8) is 0 Å². The zero-order valence-electron chi connectivity index (χ0n) is 12.6. The summed E-state index contributed by atoms with van der Waals surface area (Å²) in [5, 5.41) is 15.3. The van der Waals surface area contributed by atoms with Gasteiger partial charge in [-0.15, -0.1) is 0 Å². The number of hydrogen-bond donors (Lipinski definition) is 3. The molecule has 1 atom stereocenters. The molecule has 5 nitrogen and oxygen atoms in total. The van der Waals surface area contributed by atoms with Crippen molar-refractivity contribution < 1.29 is 9.90 Å². The Labute approximate surface area is 130 Å². The van der Waals surface area contributed by atoms with Gasteiger partial charge in [-0.05, 0) is 31.0 Å². The number of amides is 1. The van der Waals surface area contributed by atoms with Gasteiger partial charge in [-0.25, -0.2) is 4.98 Å². The molecule has 0 aliphatic rings. The second-order valence-corrected chi connectivity index (χ2v) is 4.91. The summed E-state index contributed by atoms with van der Waals surface area (Å²) in [4.78, 5) is 16.0. The zero-order valence-corrected chi connectivity index (χ0v) is 12.6. The van der Waals surface area contributed by atoms with E-state index in [0.717, 1.165) is 5.56 Å². The zero-order chi connectivity index (χ0) is 15.8. The lowest BCUT2D eigenvalue weighted by molar-refractivity contribution is 0.0955. The molecule has 1 aromatic carbocycles. The molecule has 0 aliphatic heterocycles. The van der Waals surface area contributed by atoms with Gasteiger partial charge >= 0.3 is 0 Å². The monoisotopic (exact) mass is 299 g/mol. The minimum Gasteiger partial charge on any atom is -0.396 e. The maximum absolute atomic E-state index is 11.7. The van der Waals surface area contributed by atoms with E-state index in [0.29, 0.717) is 24.3 Å². The standard InChI is InChI=1S/C17H21N3O2/c1-2-18-17(22)14-8-9-16(19-12-14)20-15(10-11-21)13-6-4-3-5-7-13/h3-9,12,15,21H,2,10-11H2,1H3,(H,18,22)(H,19,20)/t15-/m0/s1. The molecule has 0 unspecified atom stereocenters. The molecule has 1 heterocycles. The topological polar surface area (TPSA) is 74.2 Å². The second-order valence-electron chi connectivity index (χ2n) is 4.91. The molecule has 0 spiro atoms. The summed E-state index contributed by atoms with van der Waals surface area (Å²) in [6, 6.07) is 13.4. The van der Waals surface area contributed by atoms with Crippen molar-refractivity contribution >= 4 is 11.7 Å². The lowest BCUT2D eigenvalue weighted by Crippen LogP contribution is -2.22. The molecule has 1 amide bonds. The molecule has 0 saturated carbocycles. The van der Waals surface area contributed by atoms with Crippen LogP contribution in [0.25, 0.3) is 0 Å². The lowest BCUT2D eigenvalue weighted by Gasteiger charge is -2.19. The smallest absolute Gasteiger partial charge is 0.252 e. The Morgan fingerprint density at radius 1 is 1.23 bits per heavy atom. The van der Waals surface area contributed by atoms with Gasteiger partial charge in [0.15, 0.2) is 0 Å². The number of rotatable bonds is 7. The molecule has 0 fully saturated rings. The summed E-state index contributed by atoms with van der Waals surface area (Å²) >= 11 is 0. The number of hydrogen-bond acceptors (Lipinski definition) is 4. The first-order valence-electron chi connectivity index (χ1n) is 7.41. The minimum atomic E-state index is -0.128. The SMILES string of the molecule is CCNC(=O)c1ccc(N[C@@H](CCO)c2ccccc2)nc1. The molecule has 0 aliphatic carbocycles. The van der Waals surface area contributed by atoms with Gasteiger partial charge in [-0.1, -0.05) is 30.3 Å². The number of benzene rings is 1. The normalized spacial score (nSPS) is 11.7. The van der Waals surface area contributed by atoms with E-state index in [-0.39, 0.29) is 18.6 Å². The number of aliphatic hydroxyl groups excluding tert-OH is 1. The number of nitrogens with one attached hydrogen (secondary N) is 2. The Balaban J connectivity index is 2.09. The van der Waals surface area contributed by atoms with Gasteiger partial charge in [0.25, 0.3) is 5.91 Å². The van der Waals surface area contributed by atoms with Gasteiger partial charge in [0, 0.05) is 19.3 Å². The number of carbonyl (C=O) groups is 1. The van der Waals surface area contributed by atoms with Crippen molar-refractivity contribution in [2.24, 2.45) is 0 Å². The first kappa shape index (κ1) is 16.0. The lowest BCUT2D eigenvalue weighted by atomic mass is 10.0. The highest BCUT2D eigenvalue weighted by atomic mass is 16.3. The molecule has 0 bridgehead atoms. The second kappa shape index (κ2) is 8.14. The van der Waals surface area contributed by atoms with Crippen molar-refractivity contribution in [2.45, 2.75) is 19.4 Å². The number of nitrogens with zero attached hydrogens (tertiary/aromatic N) is 1. The van der Waals surface area contributed by atoms with Crippen LogP contribution in [0.2, 0.25) is 0 Å². The molecule has 22 heavy (non-hydrogen) atoms. The molecule has 3 N–H and O–H groups in total. The van der Waals surface area contributed by atoms with E-state index in [2.05, 4.69) is 15.6 Å². The van der Waals surface area contributed by atoms with E-state index >= 15 is 0 Å². The largest absolute Gasteiger partial charge is 0.396 e. The van der Waals surface area contributed by atoms with Crippen LogP contribution in [0, 0.1) is 0 Å². The van der Waals surface area contributed by atoms with Gasteiger partial charge in [-0.2, -0.15) is 0 Å². The highest BCUT2D eigenvalue weighted by molar-refractivity contribution is 5.93. The molecule has 116 valence electrons. The van der Waals surface area contributed by atoms with Gasteiger partial charge in [0.2, 0.25) is 0 Å². The molecule has 0 radical (unpaired) electrons. The highest BCUT2D eigenvalue weighted by Gasteiger charge is 2.11. The van der Waals surface area contributed by atoms with Crippen LogP contribution in [0.4, 0.5) is 5.82 Å². The fourth-order valence-electron chi connectivity index (χ4n) is 2.19. The first-order valence-corrected chi connectivity index (χ1v) is 7.41. The number of carbonyl (C=O) groups excluding carboxylic acids is 1. The van der Waals surface area contributed by atoms with Crippen LogP contribution in [0.3, 0.4) is 0 Å². The van der Waals surface area contributed by atoms with Crippen LogP contribution in [-0.4, -0.2) is 29.1 Å². The fourth-order valence-corrected chi connectivity index (χ4v) is 2.19. The molecule has 1 aromatic heterocycles. The maximum atomic E-state index is 11.7. The molecule has 5 heteroatoms. The van der Waals surface area contributed by atoms with Crippen LogP contribution in [0.5, 0.6) is 0 Å². The predicted octanol–water partition coefficient (Wildman–Crippen LogP) is 2.37. The van der Waals surface area contributed by atoms with Crippen molar-refractivity contribution in [2.75, 3.05) is 18.5 Å². The molecule has 2 rings (SSSR count). The van der Waals surface area contributed by atoms with Crippen LogP contribution in [0.1, 0.15) is 35.3 Å². The average molecular weight is 299 g/mol. The predicted molar refractivity (Wildman–Crippen MR) is 86.8 cm³/mol. The maximum Gasteiger partial charge on any atom is 0.252 e. The van der Waals surface area contributed by atoms with E-state index in [1.165, 1.54) is 0 Å². The van der Waals surface area contributed by atoms with E-state index in [1.54, 1.807) is 18.3 Å². The van der Waals surface area contributed by atoms with Crippen molar-refractivity contribution in [1.29, 1.82) is 0 Å². The van der Waals surface area contributed by atoms with E-state index in [4.69, 9.17) is 0 Å². The van der Waals surface area contributed by atoms with Gasteiger partial charge in [0.1, 0.15) is 5.82 Å². The van der Waals surface area contributed by atoms with Crippen molar-refractivity contribution in [3.05, 3.63) is 59.8 Å². The quantitative estimate of drug-likeness (QED) is 0.734. The number of aliphatic hydroxyl groups is 1. The number of pyridine rings is 1. The van der Waals surface area contributed by atoms with Crippen LogP contribution in [0.15, 0.2) is 48.7 Å². The van der Waals surface area contributed by atoms with E-state index in [1.807, 2.05) is 37.3 Å². The molecular formula is C17H21N3O2. The Morgan fingerprint density at radius 3 is 2.59 bits per heavy atom.